The fourth-order valence-corrected chi connectivity index (χ4v) is 8.81. The lowest BCUT2D eigenvalue weighted by atomic mass is 9.72. The highest BCUT2D eigenvalue weighted by Crippen LogP contribution is 2.35. The molecule has 10 bridgehead atoms. The second-order valence-corrected chi connectivity index (χ2v) is 14.3. The number of hydrogen-bond donors (Lipinski definition) is 6. The Bertz CT molecular complexity index is 558. The van der Waals surface area contributed by atoms with Crippen molar-refractivity contribution >= 4 is 0 Å². The molecule has 8 atom stereocenters. The average Bonchev–Trinajstić information content (AvgIpc) is 3.73. The Morgan fingerprint density at radius 3 is 1.05 bits per heavy atom. The van der Waals surface area contributed by atoms with Gasteiger partial charge in [0.15, 0.2) is 0 Å². The molecule has 0 radical (unpaired) electrons. The number of piperazine rings is 1. The van der Waals surface area contributed by atoms with E-state index in [-0.39, 0.29) is 0 Å². The minimum absolute atomic E-state index is 0.810. The fourth-order valence-electron chi connectivity index (χ4n) is 8.81. The van der Waals surface area contributed by atoms with Crippen LogP contribution in [-0.2, 0) is 0 Å². The molecule has 9 aliphatic heterocycles. The summed E-state index contributed by atoms with van der Waals surface area (Å²) in [4.78, 5) is 0. The summed E-state index contributed by atoms with van der Waals surface area (Å²) in [5.41, 5.74) is 0. The molecule has 37 heavy (non-hydrogen) atoms. The van der Waals surface area contributed by atoms with Gasteiger partial charge in [-0.25, -0.2) is 0 Å². The van der Waals surface area contributed by atoms with Crippen LogP contribution in [0, 0.1) is 23.7 Å². The summed E-state index contributed by atoms with van der Waals surface area (Å²) in [5, 5.41) is 20.7. The van der Waals surface area contributed by atoms with Crippen molar-refractivity contribution < 1.29 is 0 Å². The van der Waals surface area contributed by atoms with Crippen LogP contribution < -0.4 is 31.9 Å². The summed E-state index contributed by atoms with van der Waals surface area (Å²) >= 11 is 0. The average molecular weight is 515 g/mol. The molecule has 9 saturated heterocycles. The van der Waals surface area contributed by atoms with E-state index in [1.807, 2.05) is 0 Å². The first-order valence-electron chi connectivity index (χ1n) is 16.7. The quantitative estimate of drug-likeness (QED) is 0.299. The van der Waals surface area contributed by atoms with Crippen LogP contribution in [0.3, 0.4) is 0 Å². The highest BCUT2D eigenvalue weighted by Gasteiger charge is 2.33. The molecule has 12 aliphatic rings. The summed E-state index contributed by atoms with van der Waals surface area (Å²) in [6.45, 7) is 7.61. The SMILES string of the molecule is C1CC2CC(C1)N2.C1CC2CCC(C1)N2.C1CC2CNCC1C2.C1NC2CNC1C2.C1NCC2CC1C2. The van der Waals surface area contributed by atoms with Gasteiger partial charge in [0, 0.05) is 49.3 Å². The van der Waals surface area contributed by atoms with Crippen molar-refractivity contribution in [1.29, 1.82) is 0 Å². The van der Waals surface area contributed by atoms with E-state index in [9.17, 15) is 0 Å². The third-order valence-corrected chi connectivity index (χ3v) is 11.2. The highest BCUT2D eigenvalue weighted by atomic mass is 15.1. The van der Waals surface area contributed by atoms with Crippen LogP contribution in [0.1, 0.15) is 96.3 Å². The smallest absolute Gasteiger partial charge is 0.0208 e. The molecule has 0 aromatic heterocycles. The number of fused-ring (bicyclic) bond motifs is 10. The standard InChI is InChI=1S/2C7H13N.2C6H11N.C5H10N2/c1-2-7-3-6(1)4-8-5-7;1-2-6-4-5-7(3-1)8-6;1-5-2-6(1)4-7-3-5;1-2-5-4-6(3-1)7-5;1-4-2-6-5(1)3-7-4/h2*6-8H,1-5H2;2*5-7H,1-4H2;4-7H,1-3H2. The monoisotopic (exact) mass is 514 g/mol. The maximum Gasteiger partial charge on any atom is 0.0208 e. The van der Waals surface area contributed by atoms with E-state index < -0.39 is 0 Å². The number of nitrogens with one attached hydrogen (secondary N) is 6. The Morgan fingerprint density at radius 1 is 0.324 bits per heavy atom. The summed E-state index contributed by atoms with van der Waals surface area (Å²) in [6, 6.07) is 5.30. The Labute approximate surface area is 227 Å². The lowest BCUT2D eigenvalue weighted by Gasteiger charge is -2.42. The third kappa shape index (κ3) is 7.91. The molecule has 3 aliphatic carbocycles. The Kier molecular flexibility index (Phi) is 9.77. The van der Waals surface area contributed by atoms with Gasteiger partial charge in [-0.05, 0) is 133 Å². The predicted molar refractivity (Wildman–Crippen MR) is 154 cm³/mol. The molecule has 9 heterocycles. The van der Waals surface area contributed by atoms with Crippen LogP contribution >= 0.6 is 0 Å². The normalized spacial score (nSPS) is 46.7. The molecule has 8 unspecified atom stereocenters. The third-order valence-electron chi connectivity index (χ3n) is 11.2. The summed E-state index contributed by atoms with van der Waals surface area (Å²) in [6.07, 6.45) is 22.0. The minimum atomic E-state index is 0.810. The van der Waals surface area contributed by atoms with Crippen molar-refractivity contribution in [2.75, 3.05) is 39.3 Å². The van der Waals surface area contributed by atoms with Gasteiger partial charge in [0.25, 0.3) is 0 Å². The van der Waals surface area contributed by atoms with E-state index in [4.69, 9.17) is 0 Å². The zero-order valence-electron chi connectivity index (χ0n) is 23.6. The first kappa shape index (κ1) is 27.0. The molecule has 6 heteroatoms. The van der Waals surface area contributed by atoms with Crippen molar-refractivity contribution in [3.05, 3.63) is 0 Å². The molecule has 212 valence electrons. The summed E-state index contributed by atoms with van der Waals surface area (Å²) in [7, 11) is 0. The lowest BCUT2D eigenvalue weighted by molar-refractivity contribution is 0.135. The summed E-state index contributed by atoms with van der Waals surface area (Å²) < 4.78 is 0. The second-order valence-electron chi connectivity index (χ2n) is 14.3. The molecule has 12 rings (SSSR count). The molecule has 0 aromatic carbocycles. The molecule has 12 fully saturated rings. The van der Waals surface area contributed by atoms with Crippen LogP contribution in [0.2, 0.25) is 0 Å². The molecule has 6 nitrogen and oxygen atoms in total. The van der Waals surface area contributed by atoms with Gasteiger partial charge in [-0.15, -0.1) is 0 Å². The zero-order valence-corrected chi connectivity index (χ0v) is 23.6. The molecule has 3 saturated carbocycles. The van der Waals surface area contributed by atoms with Crippen LogP contribution in [0.5, 0.6) is 0 Å². The van der Waals surface area contributed by atoms with Crippen molar-refractivity contribution in [3.8, 4) is 0 Å². The van der Waals surface area contributed by atoms with Crippen molar-refractivity contribution in [3.63, 3.8) is 0 Å². The number of rotatable bonds is 0. The van der Waals surface area contributed by atoms with Gasteiger partial charge in [0.1, 0.15) is 0 Å². The highest BCUT2D eigenvalue weighted by molar-refractivity contribution is 4.94. The van der Waals surface area contributed by atoms with Crippen molar-refractivity contribution in [1.82, 2.24) is 31.9 Å². The number of hydrogen-bond acceptors (Lipinski definition) is 6. The maximum absolute atomic E-state index is 3.59. The molecule has 0 amide bonds. The second kappa shape index (κ2) is 13.4. The molecular formula is C31H58N6. The molecule has 0 spiro atoms. The molecule has 6 N–H and O–H groups in total. The van der Waals surface area contributed by atoms with Gasteiger partial charge in [0.05, 0.1) is 0 Å². The fraction of sp³-hybridized carbons (Fsp3) is 1.00. The number of piperidine rings is 5. The first-order valence-corrected chi connectivity index (χ1v) is 16.7. The van der Waals surface area contributed by atoms with Gasteiger partial charge < -0.3 is 31.9 Å². The topological polar surface area (TPSA) is 72.2 Å². The van der Waals surface area contributed by atoms with Gasteiger partial charge in [0.2, 0.25) is 0 Å². The van der Waals surface area contributed by atoms with Crippen molar-refractivity contribution in [2.24, 2.45) is 23.7 Å². The van der Waals surface area contributed by atoms with E-state index in [0.29, 0.717) is 0 Å². The van der Waals surface area contributed by atoms with Gasteiger partial charge in [-0.1, -0.05) is 12.8 Å². The minimum Gasteiger partial charge on any atom is -0.316 e. The Morgan fingerprint density at radius 2 is 0.757 bits per heavy atom. The molecular weight excluding hydrogens is 456 g/mol. The largest absolute Gasteiger partial charge is 0.316 e. The van der Waals surface area contributed by atoms with E-state index in [2.05, 4.69) is 31.9 Å². The van der Waals surface area contributed by atoms with Crippen molar-refractivity contribution in [2.45, 2.75) is 133 Å². The Hall–Kier alpha value is -0.240. The van der Waals surface area contributed by atoms with Gasteiger partial charge >= 0.3 is 0 Å². The van der Waals surface area contributed by atoms with Crippen LogP contribution in [-0.4, -0.2) is 75.5 Å². The zero-order chi connectivity index (χ0) is 24.9. The van der Waals surface area contributed by atoms with Crippen LogP contribution in [0.4, 0.5) is 0 Å². The lowest BCUT2D eigenvalue weighted by Crippen LogP contribution is -2.55. The maximum atomic E-state index is 3.59. The van der Waals surface area contributed by atoms with E-state index >= 15 is 0 Å². The predicted octanol–water partition coefficient (Wildman–Crippen LogP) is 3.13. The van der Waals surface area contributed by atoms with E-state index in [0.717, 1.165) is 59.9 Å². The first-order chi connectivity index (χ1) is 18.2. The van der Waals surface area contributed by atoms with E-state index in [1.54, 1.807) is 0 Å². The van der Waals surface area contributed by atoms with E-state index in [1.165, 1.54) is 136 Å². The summed E-state index contributed by atoms with van der Waals surface area (Å²) in [5.74, 6) is 4.24. The van der Waals surface area contributed by atoms with Crippen LogP contribution in [0.15, 0.2) is 0 Å². The van der Waals surface area contributed by atoms with Gasteiger partial charge in [-0.3, -0.25) is 0 Å². The Balaban J connectivity index is 0.0000000852. The van der Waals surface area contributed by atoms with Crippen LogP contribution in [0.25, 0.3) is 0 Å². The molecule has 0 aromatic rings. The van der Waals surface area contributed by atoms with Gasteiger partial charge in [-0.2, -0.15) is 0 Å².